The molecule has 3 heterocycles. The molecule has 1 N–H and O–H groups in total. The SMILES string of the molecule is CCn1c(C2CCCN2C(=O)Nc2cccc(COCc3ccco3)c2)nc2ccccc21. The lowest BCUT2D eigenvalue weighted by Gasteiger charge is -2.25. The summed E-state index contributed by atoms with van der Waals surface area (Å²) in [6.45, 7) is 4.52. The molecular weight excluding hydrogens is 416 g/mol. The van der Waals surface area contributed by atoms with Crippen molar-refractivity contribution >= 4 is 22.8 Å². The number of aryl methyl sites for hydroxylation is 1. The van der Waals surface area contributed by atoms with Gasteiger partial charge in [-0.25, -0.2) is 9.78 Å². The number of carbonyl (C=O) groups is 1. The Morgan fingerprint density at radius 2 is 2.06 bits per heavy atom. The zero-order valence-corrected chi connectivity index (χ0v) is 18.7. The fourth-order valence-electron chi connectivity index (χ4n) is 4.56. The van der Waals surface area contributed by atoms with E-state index in [0.717, 1.165) is 59.8 Å². The van der Waals surface area contributed by atoms with E-state index in [0.29, 0.717) is 13.2 Å². The number of fused-ring (bicyclic) bond motifs is 1. The first kappa shape index (κ1) is 21.3. The number of imidazole rings is 1. The predicted molar refractivity (Wildman–Crippen MR) is 127 cm³/mol. The Bertz CT molecular complexity index is 1230. The van der Waals surface area contributed by atoms with E-state index >= 15 is 0 Å². The number of aromatic nitrogens is 2. The molecule has 7 heteroatoms. The van der Waals surface area contributed by atoms with E-state index in [2.05, 4.69) is 22.9 Å². The maximum atomic E-state index is 13.2. The standard InChI is InChI=1S/C26H28N4O3/c1-2-29-23-12-4-3-11-22(23)28-25(29)24-13-6-14-30(24)26(31)27-20-9-5-8-19(16-20)17-32-18-21-10-7-15-33-21/h3-5,7-12,15-16,24H,2,6,13-14,17-18H2,1H3,(H,27,31). The Balaban J connectivity index is 1.28. The molecule has 5 rings (SSSR count). The first-order chi connectivity index (χ1) is 16.2. The number of anilines is 1. The number of furan rings is 1. The van der Waals surface area contributed by atoms with E-state index in [1.807, 2.05) is 59.5 Å². The third-order valence-corrected chi connectivity index (χ3v) is 6.08. The topological polar surface area (TPSA) is 72.5 Å². The van der Waals surface area contributed by atoms with Gasteiger partial charge in [-0.2, -0.15) is 0 Å². The zero-order chi connectivity index (χ0) is 22.6. The van der Waals surface area contributed by atoms with Gasteiger partial charge in [0.1, 0.15) is 18.2 Å². The van der Waals surface area contributed by atoms with Gasteiger partial charge >= 0.3 is 6.03 Å². The molecule has 0 aliphatic carbocycles. The van der Waals surface area contributed by atoms with Gasteiger partial charge < -0.3 is 23.9 Å². The van der Waals surface area contributed by atoms with E-state index in [4.69, 9.17) is 14.1 Å². The van der Waals surface area contributed by atoms with Gasteiger partial charge in [-0.15, -0.1) is 0 Å². The number of ether oxygens (including phenoxy) is 1. The zero-order valence-electron chi connectivity index (χ0n) is 18.7. The molecule has 0 saturated carbocycles. The first-order valence-corrected chi connectivity index (χ1v) is 11.4. The van der Waals surface area contributed by atoms with Crippen LogP contribution in [0.3, 0.4) is 0 Å². The number of carbonyl (C=O) groups excluding carboxylic acids is 1. The summed E-state index contributed by atoms with van der Waals surface area (Å²) in [5.41, 5.74) is 3.84. The van der Waals surface area contributed by atoms with E-state index in [9.17, 15) is 4.79 Å². The highest BCUT2D eigenvalue weighted by atomic mass is 16.5. The van der Waals surface area contributed by atoms with Crippen LogP contribution in [-0.2, 0) is 24.5 Å². The number of para-hydroxylation sites is 2. The fraction of sp³-hybridized carbons (Fsp3) is 0.308. The van der Waals surface area contributed by atoms with Crippen molar-refractivity contribution in [2.75, 3.05) is 11.9 Å². The number of benzene rings is 2. The maximum absolute atomic E-state index is 13.2. The van der Waals surface area contributed by atoms with Gasteiger partial charge in [0, 0.05) is 18.8 Å². The van der Waals surface area contributed by atoms with Crippen LogP contribution in [0, 0.1) is 0 Å². The molecule has 1 saturated heterocycles. The lowest BCUT2D eigenvalue weighted by atomic mass is 10.2. The second-order valence-corrected chi connectivity index (χ2v) is 8.26. The third-order valence-electron chi connectivity index (χ3n) is 6.08. The molecule has 1 unspecified atom stereocenters. The largest absolute Gasteiger partial charge is 0.467 e. The molecule has 2 aromatic heterocycles. The summed E-state index contributed by atoms with van der Waals surface area (Å²) in [6, 6.07) is 19.5. The molecule has 0 radical (unpaired) electrons. The molecule has 1 atom stereocenters. The minimum Gasteiger partial charge on any atom is -0.467 e. The molecule has 33 heavy (non-hydrogen) atoms. The molecule has 0 bridgehead atoms. The van der Waals surface area contributed by atoms with Crippen molar-refractivity contribution in [3.8, 4) is 0 Å². The van der Waals surface area contributed by atoms with Gasteiger partial charge in [0.25, 0.3) is 0 Å². The molecule has 1 aliphatic heterocycles. The molecule has 7 nitrogen and oxygen atoms in total. The highest BCUT2D eigenvalue weighted by Gasteiger charge is 2.33. The van der Waals surface area contributed by atoms with Crippen molar-refractivity contribution in [1.29, 1.82) is 0 Å². The normalized spacial score (nSPS) is 15.9. The minimum atomic E-state index is -0.0964. The van der Waals surface area contributed by atoms with Gasteiger partial charge in [0.2, 0.25) is 0 Å². The molecule has 170 valence electrons. The fourth-order valence-corrected chi connectivity index (χ4v) is 4.56. The van der Waals surface area contributed by atoms with Crippen LogP contribution in [0.1, 0.15) is 43.0 Å². The van der Waals surface area contributed by atoms with Gasteiger partial charge in [-0.3, -0.25) is 0 Å². The number of hydrogen-bond acceptors (Lipinski definition) is 4. The minimum absolute atomic E-state index is 0.0304. The summed E-state index contributed by atoms with van der Waals surface area (Å²) in [5, 5.41) is 3.08. The van der Waals surface area contributed by atoms with Crippen LogP contribution in [-0.4, -0.2) is 27.0 Å². The summed E-state index contributed by atoms with van der Waals surface area (Å²) in [6.07, 6.45) is 3.51. The number of amides is 2. The van der Waals surface area contributed by atoms with Crippen LogP contribution in [0.15, 0.2) is 71.3 Å². The number of likely N-dealkylation sites (tertiary alicyclic amines) is 1. The van der Waals surface area contributed by atoms with Crippen LogP contribution in [0.2, 0.25) is 0 Å². The van der Waals surface area contributed by atoms with Crippen LogP contribution in [0.4, 0.5) is 10.5 Å². The number of nitrogens with one attached hydrogen (secondary N) is 1. The molecule has 2 aromatic carbocycles. The van der Waals surface area contributed by atoms with E-state index in [1.165, 1.54) is 0 Å². The maximum Gasteiger partial charge on any atom is 0.322 e. The molecule has 0 spiro atoms. The smallest absolute Gasteiger partial charge is 0.322 e. The van der Waals surface area contributed by atoms with Gasteiger partial charge in [0.05, 0.1) is 29.9 Å². The highest BCUT2D eigenvalue weighted by molar-refractivity contribution is 5.90. The van der Waals surface area contributed by atoms with Crippen molar-refractivity contribution in [3.05, 3.63) is 84.1 Å². The molecule has 4 aromatic rings. The second kappa shape index (κ2) is 9.50. The van der Waals surface area contributed by atoms with Crippen LogP contribution >= 0.6 is 0 Å². The Morgan fingerprint density at radius 3 is 2.91 bits per heavy atom. The third kappa shape index (κ3) is 4.50. The average molecular weight is 445 g/mol. The summed E-state index contributed by atoms with van der Waals surface area (Å²) in [7, 11) is 0. The Labute approximate surface area is 193 Å². The lowest BCUT2D eigenvalue weighted by Crippen LogP contribution is -2.35. The van der Waals surface area contributed by atoms with Crippen LogP contribution < -0.4 is 5.32 Å². The van der Waals surface area contributed by atoms with Gasteiger partial charge in [-0.1, -0.05) is 24.3 Å². The predicted octanol–water partition coefficient (Wildman–Crippen LogP) is 5.74. The quantitative estimate of drug-likeness (QED) is 0.395. The van der Waals surface area contributed by atoms with Crippen molar-refractivity contribution in [3.63, 3.8) is 0 Å². The first-order valence-electron chi connectivity index (χ1n) is 11.4. The summed E-state index contributed by atoms with van der Waals surface area (Å²) in [4.78, 5) is 20.0. The van der Waals surface area contributed by atoms with Gasteiger partial charge in [-0.05, 0) is 61.7 Å². The average Bonchev–Trinajstić information content (AvgIpc) is 3.58. The Kier molecular flexibility index (Phi) is 6.13. The van der Waals surface area contributed by atoms with E-state index in [1.54, 1.807) is 6.26 Å². The molecule has 1 aliphatic rings. The number of rotatable bonds is 7. The molecule has 2 amide bonds. The summed E-state index contributed by atoms with van der Waals surface area (Å²) in [5.74, 6) is 1.75. The monoisotopic (exact) mass is 444 g/mol. The van der Waals surface area contributed by atoms with Crippen molar-refractivity contribution in [1.82, 2.24) is 14.5 Å². The molecule has 1 fully saturated rings. The highest BCUT2D eigenvalue weighted by Crippen LogP contribution is 2.34. The Morgan fingerprint density at radius 1 is 1.15 bits per heavy atom. The van der Waals surface area contributed by atoms with Crippen LogP contribution in [0.5, 0.6) is 0 Å². The van der Waals surface area contributed by atoms with Crippen molar-refractivity contribution in [2.45, 2.75) is 45.6 Å². The van der Waals surface area contributed by atoms with E-state index < -0.39 is 0 Å². The number of urea groups is 1. The van der Waals surface area contributed by atoms with Crippen molar-refractivity contribution in [2.24, 2.45) is 0 Å². The molecular formula is C26H28N4O3. The van der Waals surface area contributed by atoms with E-state index in [-0.39, 0.29) is 12.1 Å². The summed E-state index contributed by atoms with van der Waals surface area (Å²) >= 11 is 0. The van der Waals surface area contributed by atoms with Crippen molar-refractivity contribution < 1.29 is 13.9 Å². The van der Waals surface area contributed by atoms with Crippen LogP contribution in [0.25, 0.3) is 11.0 Å². The van der Waals surface area contributed by atoms with Gasteiger partial charge in [0.15, 0.2) is 0 Å². The Hall–Kier alpha value is -3.58. The second-order valence-electron chi connectivity index (χ2n) is 8.26. The number of hydrogen-bond donors (Lipinski definition) is 1. The summed E-state index contributed by atoms with van der Waals surface area (Å²) < 4.78 is 13.2. The number of nitrogens with zero attached hydrogens (tertiary/aromatic N) is 3. The lowest BCUT2D eigenvalue weighted by molar-refractivity contribution is 0.0930.